The van der Waals surface area contributed by atoms with Crippen LogP contribution in [-0.2, 0) is 10.3 Å². The van der Waals surface area contributed by atoms with E-state index in [0.717, 1.165) is 0 Å². The van der Waals surface area contributed by atoms with Crippen LogP contribution < -0.4 is 5.90 Å². The summed E-state index contributed by atoms with van der Waals surface area (Å²) in [4.78, 5) is 10.0. The summed E-state index contributed by atoms with van der Waals surface area (Å²) in [5.74, 6) is 5.04. The number of rotatable bonds is 3. The molecule has 0 bridgehead atoms. The van der Waals surface area contributed by atoms with Gasteiger partial charge in [-0.1, -0.05) is 0 Å². The molecule has 3 nitrogen and oxygen atoms in total. The normalized spacial score (nSPS) is 20.1. The largest absolute Gasteiger partial charge is 0.304 e. The molecule has 0 aliphatic heterocycles. The molecule has 0 amide bonds. The predicted octanol–water partition coefficient (Wildman–Crippen LogP) is 1.06. The summed E-state index contributed by atoms with van der Waals surface area (Å²) in [6, 6.07) is 0. The lowest BCUT2D eigenvalue weighted by Crippen LogP contribution is -2.16. The summed E-state index contributed by atoms with van der Waals surface area (Å²) in [6.07, 6.45) is 4.29. The molecule has 0 spiro atoms. The first kappa shape index (κ1) is 7.21. The minimum Gasteiger partial charge on any atom is -0.304 e. The summed E-state index contributed by atoms with van der Waals surface area (Å²) in [6.45, 7) is 0.634. The van der Waals surface area contributed by atoms with Crippen molar-refractivity contribution in [2.24, 2.45) is 5.90 Å². The zero-order chi connectivity index (χ0) is 7.73. The molecule has 1 heterocycles. The molecule has 1 aromatic rings. The molecule has 1 saturated carbocycles. The van der Waals surface area contributed by atoms with Crippen LogP contribution in [0.5, 0.6) is 0 Å². The van der Waals surface area contributed by atoms with Crippen molar-refractivity contribution in [3.63, 3.8) is 0 Å². The van der Waals surface area contributed by atoms with Crippen LogP contribution in [0.25, 0.3) is 0 Å². The van der Waals surface area contributed by atoms with Gasteiger partial charge in [0.15, 0.2) is 0 Å². The molecule has 0 unspecified atom stereocenters. The number of aromatic nitrogens is 1. The van der Waals surface area contributed by atoms with Crippen molar-refractivity contribution < 1.29 is 4.84 Å². The van der Waals surface area contributed by atoms with E-state index in [-0.39, 0.29) is 5.41 Å². The van der Waals surface area contributed by atoms with Gasteiger partial charge in [0.25, 0.3) is 0 Å². The van der Waals surface area contributed by atoms with Gasteiger partial charge in [-0.05, 0) is 12.8 Å². The Labute approximate surface area is 69.2 Å². The van der Waals surface area contributed by atoms with Gasteiger partial charge in [0.05, 0.1) is 12.1 Å². The molecule has 1 aliphatic carbocycles. The van der Waals surface area contributed by atoms with Gasteiger partial charge in [-0.25, -0.2) is 5.90 Å². The van der Waals surface area contributed by atoms with Crippen molar-refractivity contribution in [3.05, 3.63) is 16.6 Å². The topological polar surface area (TPSA) is 48.1 Å². The molecule has 0 radical (unpaired) electrons. The van der Waals surface area contributed by atoms with Gasteiger partial charge >= 0.3 is 0 Å². The molecule has 0 atom stereocenters. The Kier molecular flexibility index (Phi) is 1.67. The fourth-order valence-corrected chi connectivity index (χ4v) is 2.12. The summed E-state index contributed by atoms with van der Waals surface area (Å²) in [5, 5.41) is 0. The van der Waals surface area contributed by atoms with Crippen LogP contribution in [-0.4, -0.2) is 11.6 Å². The zero-order valence-corrected chi connectivity index (χ0v) is 6.93. The van der Waals surface area contributed by atoms with E-state index in [0.29, 0.717) is 6.61 Å². The Morgan fingerprint density at radius 2 is 2.55 bits per heavy atom. The van der Waals surface area contributed by atoms with Crippen molar-refractivity contribution in [1.82, 2.24) is 4.98 Å². The maximum atomic E-state index is 5.04. The molecule has 60 valence electrons. The number of nitrogens with zero attached hydrogens (tertiary/aromatic N) is 1. The SMILES string of the molecule is NOCC1(c2cncs2)CC1. The minimum absolute atomic E-state index is 0.232. The second-order valence-electron chi connectivity index (χ2n) is 2.96. The minimum atomic E-state index is 0.232. The second kappa shape index (κ2) is 2.55. The monoisotopic (exact) mass is 170 g/mol. The first-order valence-corrected chi connectivity index (χ1v) is 4.46. The summed E-state index contributed by atoms with van der Waals surface area (Å²) in [5.41, 5.74) is 2.09. The van der Waals surface area contributed by atoms with Gasteiger partial charge in [0, 0.05) is 16.5 Å². The quantitative estimate of drug-likeness (QED) is 0.690. The fraction of sp³-hybridized carbons (Fsp3) is 0.571. The average molecular weight is 170 g/mol. The standard InChI is InChI=1S/C7H10N2OS/c8-10-4-7(1-2-7)6-3-9-5-11-6/h3,5H,1-2,4,8H2. The molecule has 4 heteroatoms. The molecule has 2 N–H and O–H groups in total. The lowest BCUT2D eigenvalue weighted by Gasteiger charge is -2.08. The van der Waals surface area contributed by atoms with Crippen LogP contribution >= 0.6 is 11.3 Å². The highest BCUT2D eigenvalue weighted by Gasteiger charge is 2.45. The van der Waals surface area contributed by atoms with Gasteiger partial charge in [-0.15, -0.1) is 11.3 Å². The lowest BCUT2D eigenvalue weighted by atomic mass is 10.1. The molecule has 1 fully saturated rings. The third-order valence-corrected chi connectivity index (χ3v) is 3.19. The Balaban J connectivity index is 2.15. The van der Waals surface area contributed by atoms with Gasteiger partial charge in [-0.2, -0.15) is 0 Å². The molecule has 2 rings (SSSR count). The van der Waals surface area contributed by atoms with E-state index >= 15 is 0 Å². The van der Waals surface area contributed by atoms with Gasteiger partial charge in [-0.3, -0.25) is 4.98 Å². The first-order valence-electron chi connectivity index (χ1n) is 3.58. The van der Waals surface area contributed by atoms with Crippen molar-refractivity contribution in [3.8, 4) is 0 Å². The number of hydrogen-bond donors (Lipinski definition) is 1. The van der Waals surface area contributed by atoms with E-state index < -0.39 is 0 Å². The Bertz CT molecular complexity index is 231. The summed E-state index contributed by atoms with van der Waals surface area (Å²) in [7, 11) is 0. The van der Waals surface area contributed by atoms with Crippen LogP contribution in [0.1, 0.15) is 17.7 Å². The zero-order valence-electron chi connectivity index (χ0n) is 6.12. The van der Waals surface area contributed by atoms with E-state index in [2.05, 4.69) is 9.82 Å². The number of thiazole rings is 1. The highest BCUT2D eigenvalue weighted by molar-refractivity contribution is 7.09. The molecule has 1 aliphatic rings. The van der Waals surface area contributed by atoms with Crippen LogP contribution in [0.15, 0.2) is 11.7 Å². The van der Waals surface area contributed by atoms with E-state index in [4.69, 9.17) is 5.90 Å². The van der Waals surface area contributed by atoms with Crippen LogP contribution in [0.2, 0.25) is 0 Å². The Morgan fingerprint density at radius 1 is 1.73 bits per heavy atom. The molecule has 11 heavy (non-hydrogen) atoms. The van der Waals surface area contributed by atoms with Crippen LogP contribution in [0, 0.1) is 0 Å². The highest BCUT2D eigenvalue weighted by atomic mass is 32.1. The second-order valence-corrected chi connectivity index (χ2v) is 3.84. The molecule has 1 aromatic heterocycles. The average Bonchev–Trinajstić information content (AvgIpc) is 2.63. The lowest BCUT2D eigenvalue weighted by molar-refractivity contribution is 0.117. The van der Waals surface area contributed by atoms with Crippen LogP contribution in [0.4, 0.5) is 0 Å². The van der Waals surface area contributed by atoms with Crippen LogP contribution in [0.3, 0.4) is 0 Å². The Hall–Kier alpha value is -0.450. The summed E-state index contributed by atoms with van der Waals surface area (Å²) >= 11 is 1.69. The number of nitrogens with two attached hydrogens (primary N) is 1. The van der Waals surface area contributed by atoms with Crippen molar-refractivity contribution in [2.75, 3.05) is 6.61 Å². The molecule has 0 aromatic carbocycles. The Morgan fingerprint density at radius 3 is 3.00 bits per heavy atom. The third-order valence-electron chi connectivity index (χ3n) is 2.17. The van der Waals surface area contributed by atoms with Crippen molar-refractivity contribution in [1.29, 1.82) is 0 Å². The van der Waals surface area contributed by atoms with E-state index in [1.807, 2.05) is 11.7 Å². The number of hydrogen-bond acceptors (Lipinski definition) is 4. The van der Waals surface area contributed by atoms with Crippen molar-refractivity contribution >= 4 is 11.3 Å². The van der Waals surface area contributed by atoms with E-state index in [9.17, 15) is 0 Å². The molecule has 0 saturated heterocycles. The maximum Gasteiger partial charge on any atom is 0.0794 e. The predicted molar refractivity (Wildman–Crippen MR) is 43.2 cm³/mol. The molecular weight excluding hydrogens is 160 g/mol. The van der Waals surface area contributed by atoms with E-state index in [1.54, 1.807) is 11.3 Å². The fourth-order valence-electron chi connectivity index (χ4n) is 1.25. The van der Waals surface area contributed by atoms with Gasteiger partial charge in [0.2, 0.25) is 0 Å². The summed E-state index contributed by atoms with van der Waals surface area (Å²) < 4.78 is 0. The first-order chi connectivity index (χ1) is 5.37. The molecular formula is C7H10N2OS. The van der Waals surface area contributed by atoms with E-state index in [1.165, 1.54) is 17.7 Å². The highest BCUT2D eigenvalue weighted by Crippen LogP contribution is 2.49. The third kappa shape index (κ3) is 1.17. The van der Waals surface area contributed by atoms with Gasteiger partial charge in [0.1, 0.15) is 0 Å². The maximum absolute atomic E-state index is 5.04. The smallest absolute Gasteiger partial charge is 0.0794 e. The van der Waals surface area contributed by atoms with Gasteiger partial charge < -0.3 is 4.84 Å². The van der Waals surface area contributed by atoms with Crippen molar-refractivity contribution in [2.45, 2.75) is 18.3 Å².